The molecule has 1 aromatic rings. The number of carbonyl (C=O) groups excluding carboxylic acids is 1. The lowest BCUT2D eigenvalue weighted by Gasteiger charge is -2.29. The van der Waals surface area contributed by atoms with Crippen molar-refractivity contribution in [3.63, 3.8) is 0 Å². The second kappa shape index (κ2) is 5.24. The first-order chi connectivity index (χ1) is 9.20. The molecule has 4 nitrogen and oxygen atoms in total. The van der Waals surface area contributed by atoms with E-state index in [0.717, 1.165) is 17.4 Å². The number of rotatable bonds is 4. The van der Waals surface area contributed by atoms with E-state index in [4.69, 9.17) is 10.2 Å². The van der Waals surface area contributed by atoms with Crippen LogP contribution >= 0.6 is 0 Å². The molecular formula is C16H26N2O2. The third-order valence-corrected chi connectivity index (χ3v) is 4.13. The molecule has 3 unspecified atom stereocenters. The molecule has 1 fully saturated rings. The molecule has 1 amide bonds. The smallest absolute Gasteiger partial charge is 0.240 e. The van der Waals surface area contributed by atoms with Crippen molar-refractivity contribution in [2.24, 2.45) is 17.1 Å². The molecule has 112 valence electrons. The molecule has 4 heteroatoms. The van der Waals surface area contributed by atoms with Crippen molar-refractivity contribution in [3.8, 4) is 0 Å². The molecule has 3 atom stereocenters. The van der Waals surface area contributed by atoms with Gasteiger partial charge in [-0.1, -0.05) is 27.7 Å². The summed E-state index contributed by atoms with van der Waals surface area (Å²) in [5, 5.41) is 0. The number of carbonyl (C=O) groups is 1. The van der Waals surface area contributed by atoms with E-state index in [0.29, 0.717) is 12.5 Å². The number of nitrogens with zero attached hydrogens (tertiary/aromatic N) is 1. The van der Waals surface area contributed by atoms with Gasteiger partial charge in [0.05, 0.1) is 12.6 Å². The summed E-state index contributed by atoms with van der Waals surface area (Å²) >= 11 is 0. The zero-order valence-electron chi connectivity index (χ0n) is 13.1. The first kappa shape index (κ1) is 15.1. The Bertz CT molecular complexity index is 487. The van der Waals surface area contributed by atoms with Crippen molar-refractivity contribution < 1.29 is 9.21 Å². The minimum atomic E-state index is -0.495. The van der Waals surface area contributed by atoms with Crippen molar-refractivity contribution >= 4 is 5.91 Å². The van der Waals surface area contributed by atoms with Gasteiger partial charge in [0.1, 0.15) is 11.5 Å². The summed E-state index contributed by atoms with van der Waals surface area (Å²) in [4.78, 5) is 13.9. The van der Waals surface area contributed by atoms with Crippen LogP contribution in [-0.2, 0) is 11.3 Å². The average Bonchev–Trinajstić information content (AvgIpc) is 2.89. The minimum Gasteiger partial charge on any atom is -0.464 e. The Morgan fingerprint density at radius 1 is 1.50 bits per heavy atom. The molecule has 0 aromatic carbocycles. The van der Waals surface area contributed by atoms with Gasteiger partial charge in [-0.25, -0.2) is 0 Å². The molecule has 0 aliphatic heterocycles. The largest absolute Gasteiger partial charge is 0.464 e. The molecule has 1 saturated carbocycles. The lowest BCUT2D eigenvalue weighted by atomic mass is 9.86. The number of likely N-dealkylation sites (N-methyl/N-ethyl adjacent to an activating group) is 1. The highest BCUT2D eigenvalue weighted by atomic mass is 16.3. The van der Waals surface area contributed by atoms with Gasteiger partial charge < -0.3 is 15.1 Å². The lowest BCUT2D eigenvalue weighted by Crippen LogP contribution is -2.48. The number of amides is 1. The van der Waals surface area contributed by atoms with Gasteiger partial charge in [-0.05, 0) is 29.9 Å². The summed E-state index contributed by atoms with van der Waals surface area (Å²) in [6, 6.07) is 3.50. The van der Waals surface area contributed by atoms with E-state index >= 15 is 0 Å². The summed E-state index contributed by atoms with van der Waals surface area (Å²) < 4.78 is 5.83. The maximum absolute atomic E-state index is 12.3. The fourth-order valence-corrected chi connectivity index (χ4v) is 2.32. The first-order valence-corrected chi connectivity index (χ1v) is 7.29. The molecule has 1 aliphatic carbocycles. The van der Waals surface area contributed by atoms with Gasteiger partial charge >= 0.3 is 0 Å². The maximum Gasteiger partial charge on any atom is 0.240 e. The second-order valence-corrected chi connectivity index (χ2v) is 7.16. The average molecular weight is 278 g/mol. The van der Waals surface area contributed by atoms with E-state index in [2.05, 4.69) is 6.92 Å². The van der Waals surface area contributed by atoms with Gasteiger partial charge in [0.2, 0.25) is 5.91 Å². The normalized spacial score (nSPS) is 23.5. The van der Waals surface area contributed by atoms with E-state index in [9.17, 15) is 4.79 Å². The topological polar surface area (TPSA) is 59.5 Å². The second-order valence-electron chi connectivity index (χ2n) is 7.16. The first-order valence-electron chi connectivity index (χ1n) is 7.29. The summed E-state index contributed by atoms with van der Waals surface area (Å²) in [6.07, 6.45) is 1.20. The van der Waals surface area contributed by atoms with Gasteiger partial charge in [-0.2, -0.15) is 0 Å². The molecule has 0 saturated heterocycles. The third kappa shape index (κ3) is 3.23. The van der Waals surface area contributed by atoms with Crippen LogP contribution in [0.3, 0.4) is 0 Å². The molecule has 1 aliphatic rings. The fourth-order valence-electron chi connectivity index (χ4n) is 2.32. The highest BCUT2D eigenvalue weighted by molar-refractivity contribution is 5.82. The van der Waals surface area contributed by atoms with Crippen LogP contribution in [0.25, 0.3) is 0 Å². The van der Waals surface area contributed by atoms with Crippen LogP contribution in [-0.4, -0.2) is 23.9 Å². The number of nitrogens with two attached hydrogens (primary N) is 1. The van der Waals surface area contributed by atoms with Crippen LogP contribution in [0.1, 0.15) is 51.6 Å². The van der Waals surface area contributed by atoms with Gasteiger partial charge in [0.15, 0.2) is 0 Å². The van der Waals surface area contributed by atoms with Crippen molar-refractivity contribution in [1.29, 1.82) is 0 Å². The molecule has 20 heavy (non-hydrogen) atoms. The lowest BCUT2D eigenvalue weighted by molar-refractivity contribution is -0.134. The Labute approximate surface area is 121 Å². The Balaban J connectivity index is 1.95. The van der Waals surface area contributed by atoms with Crippen molar-refractivity contribution in [2.45, 2.75) is 52.6 Å². The van der Waals surface area contributed by atoms with Crippen LogP contribution in [0.15, 0.2) is 16.5 Å². The van der Waals surface area contributed by atoms with Gasteiger partial charge in [0, 0.05) is 13.0 Å². The molecular weight excluding hydrogens is 252 g/mol. The number of furan rings is 1. The maximum atomic E-state index is 12.3. The summed E-state index contributed by atoms with van der Waals surface area (Å²) in [5.74, 6) is 3.13. The SMILES string of the molecule is CC1CC1c1ccc(CN(C)C(=O)C(N)C(C)(C)C)o1. The Hall–Kier alpha value is -1.29. The van der Waals surface area contributed by atoms with Crippen LogP contribution in [0.2, 0.25) is 0 Å². The van der Waals surface area contributed by atoms with Gasteiger partial charge in [0.25, 0.3) is 0 Å². The van der Waals surface area contributed by atoms with Gasteiger partial charge in [-0.3, -0.25) is 4.79 Å². The summed E-state index contributed by atoms with van der Waals surface area (Å²) in [5.41, 5.74) is 5.78. The predicted octanol–water partition coefficient (Wildman–Crippen LogP) is 2.73. The Morgan fingerprint density at radius 2 is 2.10 bits per heavy atom. The van der Waals surface area contributed by atoms with Crippen molar-refractivity contribution in [2.75, 3.05) is 7.05 Å². The molecule has 1 aromatic heterocycles. The monoisotopic (exact) mass is 278 g/mol. The van der Waals surface area contributed by atoms with E-state index in [-0.39, 0.29) is 11.3 Å². The quantitative estimate of drug-likeness (QED) is 0.921. The van der Waals surface area contributed by atoms with Crippen LogP contribution < -0.4 is 5.73 Å². The zero-order chi connectivity index (χ0) is 15.1. The summed E-state index contributed by atoms with van der Waals surface area (Å²) in [7, 11) is 1.77. The van der Waals surface area contributed by atoms with E-state index < -0.39 is 6.04 Å². The number of hydrogen-bond donors (Lipinski definition) is 1. The van der Waals surface area contributed by atoms with Crippen molar-refractivity contribution in [1.82, 2.24) is 4.90 Å². The Kier molecular flexibility index (Phi) is 3.96. The van der Waals surface area contributed by atoms with E-state index in [1.165, 1.54) is 6.42 Å². The van der Waals surface area contributed by atoms with Crippen molar-refractivity contribution in [3.05, 3.63) is 23.7 Å². The van der Waals surface area contributed by atoms with Gasteiger partial charge in [-0.15, -0.1) is 0 Å². The highest BCUT2D eigenvalue weighted by Crippen LogP contribution is 2.47. The minimum absolute atomic E-state index is 0.0461. The van der Waals surface area contributed by atoms with Crippen LogP contribution in [0, 0.1) is 11.3 Å². The van der Waals surface area contributed by atoms with E-state index in [1.807, 2.05) is 32.9 Å². The fraction of sp³-hybridized carbons (Fsp3) is 0.688. The molecule has 0 radical (unpaired) electrons. The molecule has 0 spiro atoms. The predicted molar refractivity (Wildman–Crippen MR) is 79.1 cm³/mol. The number of hydrogen-bond acceptors (Lipinski definition) is 3. The highest BCUT2D eigenvalue weighted by Gasteiger charge is 2.36. The van der Waals surface area contributed by atoms with Crippen LogP contribution in [0.4, 0.5) is 0 Å². The zero-order valence-corrected chi connectivity index (χ0v) is 13.1. The Morgan fingerprint density at radius 3 is 2.60 bits per heavy atom. The molecule has 2 N–H and O–H groups in total. The summed E-state index contributed by atoms with van der Waals surface area (Å²) in [6.45, 7) is 8.63. The molecule has 2 rings (SSSR count). The molecule has 1 heterocycles. The standard InChI is InChI=1S/C16H26N2O2/c1-10-8-12(10)13-7-6-11(20-13)9-18(5)15(19)14(17)16(2,3)4/h6-7,10,12,14H,8-9,17H2,1-5H3. The van der Waals surface area contributed by atoms with E-state index in [1.54, 1.807) is 11.9 Å². The molecule has 0 bridgehead atoms. The van der Waals surface area contributed by atoms with Crippen LogP contribution in [0.5, 0.6) is 0 Å². The third-order valence-electron chi connectivity index (χ3n) is 4.13.